The molecular formula is C22H25N3O3. The van der Waals surface area contributed by atoms with Crippen LogP contribution in [0.5, 0.6) is 11.5 Å². The lowest BCUT2D eigenvalue weighted by Crippen LogP contribution is -2.23. The van der Waals surface area contributed by atoms with Crippen LogP contribution in [0, 0.1) is 0 Å². The number of carbonyl (C=O) groups excluding carboxylic acids is 1. The molecule has 2 aromatic carbocycles. The molecule has 1 atom stereocenters. The fourth-order valence-corrected chi connectivity index (χ4v) is 3.55. The summed E-state index contributed by atoms with van der Waals surface area (Å²) in [6, 6.07) is 11.9. The van der Waals surface area contributed by atoms with E-state index in [4.69, 9.17) is 9.47 Å². The normalized spacial score (nSPS) is 15.3. The number of carbonyl (C=O) groups is 1. The molecule has 2 heterocycles. The first kappa shape index (κ1) is 18.3. The van der Waals surface area contributed by atoms with Crippen molar-refractivity contribution >= 4 is 16.9 Å². The third kappa shape index (κ3) is 3.96. The van der Waals surface area contributed by atoms with E-state index in [0.29, 0.717) is 26.0 Å². The second kappa shape index (κ2) is 7.92. The number of fused-ring (bicyclic) bond motifs is 2. The van der Waals surface area contributed by atoms with Crippen LogP contribution in [-0.2, 0) is 24.2 Å². The first-order valence-electron chi connectivity index (χ1n) is 9.78. The standard InChI is InChI=1S/C22H25N3O3/c1-3-27-19-11-15-10-14(2)28-20(15)12-16(19)13-23-22(26)9-8-21-24-17-6-4-5-7-18(17)25-21/h4-7,11-12,14H,3,8-10,13H2,1-2H3,(H,23,26)(H,24,25)/t14-/m1/s1. The van der Waals surface area contributed by atoms with Gasteiger partial charge in [0.05, 0.1) is 17.6 Å². The van der Waals surface area contributed by atoms with Crippen LogP contribution in [0.2, 0.25) is 0 Å². The minimum absolute atomic E-state index is 0.0160. The second-order valence-electron chi connectivity index (χ2n) is 7.11. The molecule has 6 heteroatoms. The van der Waals surface area contributed by atoms with E-state index in [1.54, 1.807) is 0 Å². The van der Waals surface area contributed by atoms with E-state index in [1.807, 2.05) is 43.3 Å². The van der Waals surface area contributed by atoms with Crippen molar-refractivity contribution in [1.29, 1.82) is 0 Å². The molecule has 0 aliphatic carbocycles. The highest BCUT2D eigenvalue weighted by Crippen LogP contribution is 2.35. The molecule has 6 nitrogen and oxygen atoms in total. The predicted octanol–water partition coefficient (Wildman–Crippen LogP) is 3.53. The lowest BCUT2D eigenvalue weighted by molar-refractivity contribution is -0.121. The topological polar surface area (TPSA) is 76.2 Å². The third-order valence-electron chi connectivity index (χ3n) is 4.88. The van der Waals surface area contributed by atoms with Gasteiger partial charge in [-0.05, 0) is 38.1 Å². The fraction of sp³-hybridized carbons (Fsp3) is 0.364. The molecule has 4 rings (SSSR count). The summed E-state index contributed by atoms with van der Waals surface area (Å²) >= 11 is 0. The number of para-hydroxylation sites is 2. The van der Waals surface area contributed by atoms with Crippen molar-refractivity contribution in [3.63, 3.8) is 0 Å². The summed E-state index contributed by atoms with van der Waals surface area (Å²) in [7, 11) is 0. The Hall–Kier alpha value is -3.02. The summed E-state index contributed by atoms with van der Waals surface area (Å²) in [6.45, 7) is 5.02. The van der Waals surface area contributed by atoms with Gasteiger partial charge in [-0.2, -0.15) is 0 Å². The molecule has 1 amide bonds. The number of nitrogens with zero attached hydrogens (tertiary/aromatic N) is 1. The molecule has 0 bridgehead atoms. The number of H-pyrrole nitrogens is 1. The summed E-state index contributed by atoms with van der Waals surface area (Å²) in [5.74, 6) is 2.52. The Morgan fingerprint density at radius 3 is 3.04 bits per heavy atom. The number of rotatable bonds is 7. The summed E-state index contributed by atoms with van der Waals surface area (Å²) in [4.78, 5) is 20.1. The number of imidazole rings is 1. The number of amides is 1. The van der Waals surface area contributed by atoms with Crippen LogP contribution in [0.15, 0.2) is 36.4 Å². The van der Waals surface area contributed by atoms with Gasteiger partial charge < -0.3 is 19.8 Å². The molecule has 0 saturated heterocycles. The van der Waals surface area contributed by atoms with Crippen LogP contribution in [0.1, 0.15) is 37.2 Å². The lowest BCUT2D eigenvalue weighted by Gasteiger charge is -2.13. The van der Waals surface area contributed by atoms with Crippen molar-refractivity contribution < 1.29 is 14.3 Å². The van der Waals surface area contributed by atoms with E-state index in [2.05, 4.69) is 22.2 Å². The quantitative estimate of drug-likeness (QED) is 0.658. The van der Waals surface area contributed by atoms with Crippen LogP contribution in [0.4, 0.5) is 0 Å². The van der Waals surface area contributed by atoms with E-state index in [1.165, 1.54) is 0 Å². The van der Waals surface area contributed by atoms with Crippen molar-refractivity contribution in [2.75, 3.05) is 6.61 Å². The molecular weight excluding hydrogens is 354 g/mol. The number of aryl methyl sites for hydroxylation is 1. The van der Waals surface area contributed by atoms with Gasteiger partial charge in [-0.25, -0.2) is 4.98 Å². The molecule has 1 aliphatic rings. The van der Waals surface area contributed by atoms with Crippen LogP contribution in [0.3, 0.4) is 0 Å². The Bertz CT molecular complexity index is 963. The molecule has 0 spiro atoms. The Balaban J connectivity index is 1.37. The zero-order valence-electron chi connectivity index (χ0n) is 16.2. The minimum atomic E-state index is -0.0160. The molecule has 1 aliphatic heterocycles. The zero-order chi connectivity index (χ0) is 19.5. The van der Waals surface area contributed by atoms with Gasteiger partial charge in [0.15, 0.2) is 0 Å². The van der Waals surface area contributed by atoms with E-state index in [0.717, 1.165) is 45.9 Å². The van der Waals surface area contributed by atoms with Gasteiger partial charge in [0.2, 0.25) is 5.91 Å². The van der Waals surface area contributed by atoms with Gasteiger partial charge >= 0.3 is 0 Å². The highest BCUT2D eigenvalue weighted by molar-refractivity contribution is 5.77. The monoisotopic (exact) mass is 379 g/mol. The van der Waals surface area contributed by atoms with Crippen molar-refractivity contribution in [2.45, 2.75) is 45.8 Å². The number of hydrogen-bond acceptors (Lipinski definition) is 4. The van der Waals surface area contributed by atoms with Gasteiger partial charge in [0.1, 0.15) is 23.4 Å². The van der Waals surface area contributed by atoms with Crippen molar-refractivity contribution in [1.82, 2.24) is 15.3 Å². The number of hydrogen-bond donors (Lipinski definition) is 2. The Morgan fingerprint density at radius 1 is 1.36 bits per heavy atom. The highest BCUT2D eigenvalue weighted by Gasteiger charge is 2.22. The predicted molar refractivity (Wildman–Crippen MR) is 108 cm³/mol. The molecule has 2 N–H and O–H groups in total. The molecule has 3 aromatic rings. The summed E-state index contributed by atoms with van der Waals surface area (Å²) in [6.07, 6.45) is 2.02. The summed E-state index contributed by atoms with van der Waals surface area (Å²) in [5, 5.41) is 2.99. The van der Waals surface area contributed by atoms with Gasteiger partial charge in [0, 0.05) is 36.9 Å². The van der Waals surface area contributed by atoms with Gasteiger partial charge in [-0.15, -0.1) is 0 Å². The molecule has 0 fully saturated rings. The molecule has 28 heavy (non-hydrogen) atoms. The molecule has 146 valence electrons. The maximum absolute atomic E-state index is 12.3. The van der Waals surface area contributed by atoms with E-state index in [9.17, 15) is 4.79 Å². The highest BCUT2D eigenvalue weighted by atomic mass is 16.5. The summed E-state index contributed by atoms with van der Waals surface area (Å²) < 4.78 is 11.6. The first-order chi connectivity index (χ1) is 13.6. The number of ether oxygens (including phenoxy) is 2. The van der Waals surface area contributed by atoms with Crippen molar-refractivity contribution in [3.05, 3.63) is 53.3 Å². The zero-order valence-corrected chi connectivity index (χ0v) is 16.2. The maximum atomic E-state index is 12.3. The minimum Gasteiger partial charge on any atom is -0.494 e. The Kier molecular flexibility index (Phi) is 5.19. The Morgan fingerprint density at radius 2 is 2.21 bits per heavy atom. The van der Waals surface area contributed by atoms with Crippen LogP contribution in [-0.4, -0.2) is 28.6 Å². The number of benzene rings is 2. The van der Waals surface area contributed by atoms with Crippen LogP contribution in [0.25, 0.3) is 11.0 Å². The van der Waals surface area contributed by atoms with Gasteiger partial charge in [-0.1, -0.05) is 12.1 Å². The fourth-order valence-electron chi connectivity index (χ4n) is 3.55. The Labute approximate surface area is 164 Å². The van der Waals surface area contributed by atoms with Gasteiger partial charge in [0.25, 0.3) is 0 Å². The largest absolute Gasteiger partial charge is 0.494 e. The molecule has 0 saturated carbocycles. The number of nitrogens with one attached hydrogen (secondary N) is 2. The molecule has 1 aromatic heterocycles. The van der Waals surface area contributed by atoms with Gasteiger partial charge in [-0.3, -0.25) is 4.79 Å². The lowest BCUT2D eigenvalue weighted by atomic mass is 10.1. The van der Waals surface area contributed by atoms with E-state index < -0.39 is 0 Å². The van der Waals surface area contributed by atoms with E-state index in [-0.39, 0.29) is 12.0 Å². The number of aromatic nitrogens is 2. The van der Waals surface area contributed by atoms with Crippen LogP contribution >= 0.6 is 0 Å². The summed E-state index contributed by atoms with van der Waals surface area (Å²) in [5.41, 5.74) is 4.01. The maximum Gasteiger partial charge on any atom is 0.220 e. The smallest absolute Gasteiger partial charge is 0.220 e. The first-order valence-corrected chi connectivity index (χ1v) is 9.78. The van der Waals surface area contributed by atoms with E-state index >= 15 is 0 Å². The average molecular weight is 379 g/mol. The molecule has 0 radical (unpaired) electrons. The van der Waals surface area contributed by atoms with Crippen molar-refractivity contribution in [3.8, 4) is 11.5 Å². The molecule has 0 unspecified atom stereocenters. The SMILES string of the molecule is CCOc1cc2c(cc1CNC(=O)CCc1nc3ccccc3[nH]1)O[C@H](C)C2. The number of aromatic amines is 1. The second-order valence-corrected chi connectivity index (χ2v) is 7.11. The third-order valence-corrected chi connectivity index (χ3v) is 4.88. The van der Waals surface area contributed by atoms with Crippen molar-refractivity contribution in [2.24, 2.45) is 0 Å². The average Bonchev–Trinajstić information content (AvgIpc) is 3.26. The van der Waals surface area contributed by atoms with Crippen LogP contribution < -0.4 is 14.8 Å².